The van der Waals surface area contributed by atoms with Crippen LogP contribution < -0.4 is 0 Å². The van der Waals surface area contributed by atoms with E-state index < -0.39 is 0 Å². The van der Waals surface area contributed by atoms with E-state index in [4.69, 9.17) is 0 Å². The lowest BCUT2D eigenvalue weighted by atomic mass is 10.0. The summed E-state index contributed by atoms with van der Waals surface area (Å²) in [5.74, 6) is 1.24. The quantitative estimate of drug-likeness (QED) is 0.0415. The standard InChI is InChI=1S/C39H72S2/c1-4-7-9-11-13-15-17-19-21-23-25-27-29-31-33-35-37-39(41-40-6-3)38-36-34-32-30-28-26-24-22-20-18-16-14-12-10-8-5-2/h13-16,19-22,39H,4-12,17-18,23-38H2,1-3H3/b15-13-,16-14-,21-19-,22-20-. The summed E-state index contributed by atoms with van der Waals surface area (Å²) >= 11 is 0. The molecule has 0 nitrogen and oxygen atoms in total. The van der Waals surface area contributed by atoms with Crippen LogP contribution in [0.25, 0.3) is 0 Å². The maximum atomic E-state index is 2.40. The molecule has 240 valence electrons. The van der Waals surface area contributed by atoms with Crippen LogP contribution in [0.5, 0.6) is 0 Å². The Labute approximate surface area is 267 Å². The molecular formula is C39H72S2. The second-order valence-corrected chi connectivity index (χ2v) is 14.8. The van der Waals surface area contributed by atoms with Gasteiger partial charge in [-0.25, -0.2) is 0 Å². The Morgan fingerprint density at radius 2 is 0.732 bits per heavy atom. The molecule has 0 atom stereocenters. The van der Waals surface area contributed by atoms with Crippen LogP contribution in [-0.2, 0) is 0 Å². The minimum atomic E-state index is 0.886. The van der Waals surface area contributed by atoms with Crippen LogP contribution in [0.2, 0.25) is 0 Å². The van der Waals surface area contributed by atoms with E-state index in [0.717, 1.165) is 18.1 Å². The molecule has 0 aromatic rings. The van der Waals surface area contributed by atoms with Gasteiger partial charge in [0.25, 0.3) is 0 Å². The summed E-state index contributed by atoms with van der Waals surface area (Å²) in [6, 6.07) is 0. The van der Waals surface area contributed by atoms with Crippen LogP contribution in [0.1, 0.15) is 188 Å². The third-order valence-corrected chi connectivity index (χ3v) is 10.8. The van der Waals surface area contributed by atoms with Crippen molar-refractivity contribution in [1.29, 1.82) is 0 Å². The maximum Gasteiger partial charge on any atom is 0.0151 e. The minimum Gasteiger partial charge on any atom is -0.0942 e. The van der Waals surface area contributed by atoms with Crippen molar-refractivity contribution < 1.29 is 0 Å². The van der Waals surface area contributed by atoms with Gasteiger partial charge >= 0.3 is 0 Å². The van der Waals surface area contributed by atoms with Gasteiger partial charge in [-0.3, -0.25) is 0 Å². The molecule has 0 aliphatic carbocycles. The number of allylic oxidation sites excluding steroid dienone is 8. The second-order valence-electron chi connectivity index (χ2n) is 11.9. The van der Waals surface area contributed by atoms with E-state index in [1.807, 2.05) is 0 Å². The van der Waals surface area contributed by atoms with E-state index >= 15 is 0 Å². The molecule has 0 aromatic carbocycles. The van der Waals surface area contributed by atoms with Crippen molar-refractivity contribution in [3.8, 4) is 0 Å². The van der Waals surface area contributed by atoms with Gasteiger partial charge in [0.05, 0.1) is 0 Å². The lowest BCUT2D eigenvalue weighted by Crippen LogP contribution is -2.01. The Balaban J connectivity index is 3.60. The van der Waals surface area contributed by atoms with E-state index in [2.05, 4.69) is 91.0 Å². The summed E-state index contributed by atoms with van der Waals surface area (Å²) in [7, 11) is 4.28. The third-order valence-electron chi connectivity index (χ3n) is 7.78. The predicted molar refractivity (Wildman–Crippen MR) is 197 cm³/mol. The lowest BCUT2D eigenvalue weighted by Gasteiger charge is -2.15. The molecule has 2 heteroatoms. The van der Waals surface area contributed by atoms with Crippen molar-refractivity contribution in [1.82, 2.24) is 0 Å². The molecule has 0 aromatic heterocycles. The van der Waals surface area contributed by atoms with Crippen molar-refractivity contribution in [2.75, 3.05) is 5.75 Å². The van der Waals surface area contributed by atoms with Gasteiger partial charge in [-0.05, 0) is 77.0 Å². The topological polar surface area (TPSA) is 0 Å². The van der Waals surface area contributed by atoms with Crippen LogP contribution in [0, 0.1) is 0 Å². The third kappa shape index (κ3) is 35.8. The molecule has 0 saturated carbocycles. The molecule has 0 radical (unpaired) electrons. The first-order chi connectivity index (χ1) is 20.3. The molecule has 0 aliphatic heterocycles. The zero-order valence-electron chi connectivity index (χ0n) is 28.1. The highest BCUT2D eigenvalue weighted by Crippen LogP contribution is 2.33. The van der Waals surface area contributed by atoms with Crippen LogP contribution in [0.15, 0.2) is 48.6 Å². The largest absolute Gasteiger partial charge is 0.0942 e. The summed E-state index contributed by atoms with van der Waals surface area (Å²) in [6.45, 7) is 6.85. The summed E-state index contributed by atoms with van der Waals surface area (Å²) < 4.78 is 0. The first-order valence-electron chi connectivity index (χ1n) is 18.2. The second kappa shape index (κ2) is 37.7. The smallest absolute Gasteiger partial charge is 0.0151 e. The summed E-state index contributed by atoms with van der Waals surface area (Å²) in [5.41, 5.74) is 0. The fourth-order valence-electron chi connectivity index (χ4n) is 5.13. The Morgan fingerprint density at radius 1 is 0.390 bits per heavy atom. The van der Waals surface area contributed by atoms with Crippen LogP contribution in [-0.4, -0.2) is 11.0 Å². The van der Waals surface area contributed by atoms with Crippen molar-refractivity contribution >= 4 is 21.6 Å². The van der Waals surface area contributed by atoms with E-state index in [9.17, 15) is 0 Å². The molecule has 0 spiro atoms. The summed E-state index contributed by atoms with van der Waals surface area (Å²) in [6.07, 6.45) is 54.2. The van der Waals surface area contributed by atoms with E-state index in [1.165, 1.54) is 160 Å². The zero-order valence-corrected chi connectivity index (χ0v) is 29.7. The fourth-order valence-corrected chi connectivity index (χ4v) is 7.54. The highest BCUT2D eigenvalue weighted by Gasteiger charge is 2.09. The molecule has 0 unspecified atom stereocenters. The molecule has 41 heavy (non-hydrogen) atoms. The van der Waals surface area contributed by atoms with Gasteiger partial charge in [-0.1, -0.05) is 181 Å². The van der Waals surface area contributed by atoms with Gasteiger partial charge in [-0.2, -0.15) is 0 Å². The van der Waals surface area contributed by atoms with E-state index in [1.54, 1.807) is 0 Å². The molecule has 0 saturated heterocycles. The molecule has 0 aliphatic rings. The summed E-state index contributed by atoms with van der Waals surface area (Å²) in [5, 5.41) is 0.886. The normalized spacial score (nSPS) is 12.5. The van der Waals surface area contributed by atoms with Crippen molar-refractivity contribution in [2.45, 2.75) is 193 Å². The van der Waals surface area contributed by atoms with Gasteiger partial charge < -0.3 is 0 Å². The average molecular weight is 605 g/mol. The number of hydrogen-bond donors (Lipinski definition) is 0. The Hall–Kier alpha value is -0.340. The Kier molecular flexibility index (Phi) is 37.4. The SMILES string of the molecule is CCCCC/C=C\C/C=C\CCCCCCCCC(CCCCCCCC/C=C\C/C=C\CCCCC)SSCC. The van der Waals surface area contributed by atoms with Gasteiger partial charge in [0, 0.05) is 11.0 Å². The fraction of sp³-hybridized carbons (Fsp3) is 0.795. The number of unbranched alkanes of at least 4 members (excludes halogenated alkanes) is 18. The molecule has 0 rings (SSSR count). The van der Waals surface area contributed by atoms with Crippen LogP contribution in [0.3, 0.4) is 0 Å². The molecule has 0 N–H and O–H groups in total. The first-order valence-corrected chi connectivity index (χ1v) is 20.6. The van der Waals surface area contributed by atoms with E-state index in [-0.39, 0.29) is 0 Å². The molecule has 0 bridgehead atoms. The Morgan fingerprint density at radius 3 is 1.10 bits per heavy atom. The average Bonchev–Trinajstić information content (AvgIpc) is 2.98. The molecule has 0 fully saturated rings. The Bertz CT molecular complexity index is 540. The lowest BCUT2D eigenvalue weighted by molar-refractivity contribution is 0.539. The number of rotatable bonds is 33. The predicted octanol–water partition coefficient (Wildman–Crippen LogP) is 15.2. The molecular weight excluding hydrogens is 533 g/mol. The van der Waals surface area contributed by atoms with Crippen LogP contribution >= 0.6 is 21.6 Å². The minimum absolute atomic E-state index is 0.886. The molecule has 0 amide bonds. The molecule has 0 heterocycles. The van der Waals surface area contributed by atoms with Crippen molar-refractivity contribution in [3.05, 3.63) is 48.6 Å². The van der Waals surface area contributed by atoms with Gasteiger partial charge in [0.2, 0.25) is 0 Å². The monoisotopic (exact) mass is 605 g/mol. The maximum absolute atomic E-state index is 2.40. The van der Waals surface area contributed by atoms with Gasteiger partial charge in [-0.15, -0.1) is 0 Å². The highest BCUT2D eigenvalue weighted by atomic mass is 33.1. The van der Waals surface area contributed by atoms with Crippen molar-refractivity contribution in [3.63, 3.8) is 0 Å². The summed E-state index contributed by atoms with van der Waals surface area (Å²) in [4.78, 5) is 0. The highest BCUT2D eigenvalue weighted by molar-refractivity contribution is 8.76. The first kappa shape index (κ1) is 40.7. The zero-order chi connectivity index (χ0) is 29.7. The van der Waals surface area contributed by atoms with Crippen LogP contribution in [0.4, 0.5) is 0 Å². The van der Waals surface area contributed by atoms with Gasteiger partial charge in [0.1, 0.15) is 0 Å². The van der Waals surface area contributed by atoms with Crippen molar-refractivity contribution in [2.24, 2.45) is 0 Å². The number of hydrogen-bond acceptors (Lipinski definition) is 2. The van der Waals surface area contributed by atoms with Gasteiger partial charge in [0.15, 0.2) is 0 Å². The van der Waals surface area contributed by atoms with E-state index in [0.29, 0.717) is 0 Å².